The van der Waals surface area contributed by atoms with Gasteiger partial charge in [-0.15, -0.1) is 0 Å². The maximum Gasteiger partial charge on any atom is 0.0218 e. The molecule has 1 aliphatic heterocycles. The van der Waals surface area contributed by atoms with Crippen LogP contribution in [0, 0.1) is 0 Å². The highest BCUT2D eigenvalue weighted by molar-refractivity contribution is 5.07. The van der Waals surface area contributed by atoms with Crippen LogP contribution in [-0.4, -0.2) is 36.6 Å². The third kappa shape index (κ3) is 3.56. The number of nitrogens with zero attached hydrogens (tertiary/aromatic N) is 1. The van der Waals surface area contributed by atoms with Gasteiger partial charge in [0.2, 0.25) is 0 Å². The molecule has 0 saturated carbocycles. The standard InChI is InChI=1S/C15H28N2/c1-3-14-12-17(15(4-2)11-16-14)10-9-13-7-5-6-8-13/h7,14-16H,3-6,8-12H2,1-2H3. The van der Waals surface area contributed by atoms with E-state index in [-0.39, 0.29) is 0 Å². The fourth-order valence-corrected chi connectivity index (χ4v) is 3.13. The van der Waals surface area contributed by atoms with E-state index in [1.54, 1.807) is 5.57 Å². The molecule has 2 aliphatic rings. The van der Waals surface area contributed by atoms with E-state index in [1.165, 1.54) is 58.2 Å². The normalized spacial score (nSPS) is 30.6. The fraction of sp³-hybridized carbons (Fsp3) is 0.867. The van der Waals surface area contributed by atoms with Crippen molar-refractivity contribution in [2.24, 2.45) is 0 Å². The minimum absolute atomic E-state index is 0.718. The van der Waals surface area contributed by atoms with Crippen LogP contribution >= 0.6 is 0 Å². The Morgan fingerprint density at radius 1 is 1.35 bits per heavy atom. The van der Waals surface area contributed by atoms with Crippen LogP contribution in [0.25, 0.3) is 0 Å². The van der Waals surface area contributed by atoms with E-state index in [1.807, 2.05) is 0 Å². The quantitative estimate of drug-likeness (QED) is 0.738. The van der Waals surface area contributed by atoms with Gasteiger partial charge in [-0.1, -0.05) is 25.5 Å². The highest BCUT2D eigenvalue weighted by Crippen LogP contribution is 2.22. The first-order valence-corrected chi connectivity index (χ1v) is 7.48. The van der Waals surface area contributed by atoms with Crippen LogP contribution in [0.3, 0.4) is 0 Å². The van der Waals surface area contributed by atoms with Crippen molar-refractivity contribution in [1.82, 2.24) is 10.2 Å². The molecule has 0 spiro atoms. The Morgan fingerprint density at radius 3 is 2.88 bits per heavy atom. The van der Waals surface area contributed by atoms with Crippen molar-refractivity contribution < 1.29 is 0 Å². The predicted octanol–water partition coefficient (Wildman–Crippen LogP) is 2.95. The van der Waals surface area contributed by atoms with Gasteiger partial charge in [0.15, 0.2) is 0 Å². The molecule has 1 N–H and O–H groups in total. The molecule has 0 radical (unpaired) electrons. The van der Waals surface area contributed by atoms with Crippen LogP contribution in [-0.2, 0) is 0 Å². The van der Waals surface area contributed by atoms with E-state index in [9.17, 15) is 0 Å². The summed E-state index contributed by atoms with van der Waals surface area (Å²) in [7, 11) is 0. The Kier molecular flexibility index (Phi) is 5.05. The molecule has 0 bridgehead atoms. The van der Waals surface area contributed by atoms with E-state index >= 15 is 0 Å². The lowest BCUT2D eigenvalue weighted by Gasteiger charge is -2.40. The molecule has 2 heteroatoms. The summed E-state index contributed by atoms with van der Waals surface area (Å²) in [5.41, 5.74) is 1.71. The van der Waals surface area contributed by atoms with Gasteiger partial charge in [0.05, 0.1) is 0 Å². The maximum absolute atomic E-state index is 3.67. The SMILES string of the molecule is CCC1CN(CCC2=CCCC2)C(CC)CN1. The number of rotatable bonds is 5. The van der Waals surface area contributed by atoms with Crippen molar-refractivity contribution in [2.45, 2.75) is 64.5 Å². The average Bonchev–Trinajstić information content (AvgIpc) is 2.89. The Bertz CT molecular complexity index is 260. The minimum Gasteiger partial charge on any atom is -0.311 e. The molecule has 0 amide bonds. The molecule has 1 saturated heterocycles. The lowest BCUT2D eigenvalue weighted by Crippen LogP contribution is -2.56. The second-order valence-electron chi connectivity index (χ2n) is 5.58. The molecule has 1 fully saturated rings. The Balaban J connectivity index is 1.82. The third-order valence-electron chi connectivity index (χ3n) is 4.43. The summed E-state index contributed by atoms with van der Waals surface area (Å²) in [6, 6.07) is 1.48. The molecule has 0 aromatic rings. The number of hydrogen-bond donors (Lipinski definition) is 1. The van der Waals surface area contributed by atoms with Crippen LogP contribution in [0.1, 0.15) is 52.4 Å². The van der Waals surface area contributed by atoms with Gasteiger partial charge in [-0.2, -0.15) is 0 Å². The van der Waals surface area contributed by atoms with Crippen LogP contribution in [0.2, 0.25) is 0 Å². The molecule has 1 heterocycles. The zero-order valence-electron chi connectivity index (χ0n) is 11.5. The van der Waals surface area contributed by atoms with Crippen molar-refractivity contribution in [3.63, 3.8) is 0 Å². The Hall–Kier alpha value is -0.340. The second kappa shape index (κ2) is 6.55. The minimum atomic E-state index is 0.718. The van der Waals surface area contributed by atoms with Gasteiger partial charge in [0.25, 0.3) is 0 Å². The summed E-state index contributed by atoms with van der Waals surface area (Å²) in [6.07, 6.45) is 10.4. The molecule has 1 aliphatic carbocycles. The molecule has 2 nitrogen and oxygen atoms in total. The molecule has 2 unspecified atom stereocenters. The van der Waals surface area contributed by atoms with E-state index in [2.05, 4.69) is 30.1 Å². The zero-order valence-corrected chi connectivity index (χ0v) is 11.5. The number of allylic oxidation sites excluding steroid dienone is 1. The van der Waals surface area contributed by atoms with Crippen molar-refractivity contribution in [1.29, 1.82) is 0 Å². The zero-order chi connectivity index (χ0) is 12.1. The van der Waals surface area contributed by atoms with Crippen molar-refractivity contribution in [2.75, 3.05) is 19.6 Å². The molecule has 2 atom stereocenters. The second-order valence-corrected chi connectivity index (χ2v) is 5.58. The summed E-state index contributed by atoms with van der Waals surface area (Å²) in [6.45, 7) is 8.33. The van der Waals surface area contributed by atoms with E-state index < -0.39 is 0 Å². The number of piperazine rings is 1. The van der Waals surface area contributed by atoms with Gasteiger partial charge in [0.1, 0.15) is 0 Å². The van der Waals surface area contributed by atoms with Gasteiger partial charge >= 0.3 is 0 Å². The summed E-state index contributed by atoms with van der Waals surface area (Å²) in [5, 5.41) is 3.67. The largest absolute Gasteiger partial charge is 0.311 e. The summed E-state index contributed by atoms with van der Waals surface area (Å²) in [4.78, 5) is 2.73. The maximum atomic E-state index is 3.67. The number of hydrogen-bond acceptors (Lipinski definition) is 2. The van der Waals surface area contributed by atoms with Gasteiger partial charge in [-0.05, 0) is 38.5 Å². The average molecular weight is 236 g/mol. The summed E-state index contributed by atoms with van der Waals surface area (Å²) >= 11 is 0. The molecular weight excluding hydrogens is 208 g/mol. The topological polar surface area (TPSA) is 15.3 Å². The van der Waals surface area contributed by atoms with Crippen LogP contribution < -0.4 is 5.32 Å². The molecule has 0 aromatic heterocycles. The van der Waals surface area contributed by atoms with Crippen molar-refractivity contribution in [3.05, 3.63) is 11.6 Å². The monoisotopic (exact) mass is 236 g/mol. The molecule has 0 aromatic carbocycles. The first-order chi connectivity index (χ1) is 8.33. The van der Waals surface area contributed by atoms with E-state index in [0.29, 0.717) is 0 Å². The third-order valence-corrected chi connectivity index (χ3v) is 4.43. The van der Waals surface area contributed by atoms with E-state index in [4.69, 9.17) is 0 Å². The summed E-state index contributed by atoms with van der Waals surface area (Å²) in [5.74, 6) is 0. The van der Waals surface area contributed by atoms with Gasteiger partial charge < -0.3 is 5.32 Å². The first-order valence-electron chi connectivity index (χ1n) is 7.48. The smallest absolute Gasteiger partial charge is 0.0218 e. The lowest BCUT2D eigenvalue weighted by atomic mass is 10.0. The Morgan fingerprint density at radius 2 is 2.24 bits per heavy atom. The molecule has 17 heavy (non-hydrogen) atoms. The first kappa shape index (κ1) is 13.1. The van der Waals surface area contributed by atoms with Gasteiger partial charge in [-0.25, -0.2) is 0 Å². The predicted molar refractivity (Wildman–Crippen MR) is 74.3 cm³/mol. The number of nitrogens with one attached hydrogen (secondary N) is 1. The Labute approximate surface area is 106 Å². The van der Waals surface area contributed by atoms with Crippen LogP contribution in [0.15, 0.2) is 11.6 Å². The van der Waals surface area contributed by atoms with Crippen molar-refractivity contribution in [3.8, 4) is 0 Å². The molecule has 2 rings (SSSR count). The van der Waals surface area contributed by atoms with Gasteiger partial charge in [-0.3, -0.25) is 4.90 Å². The fourth-order valence-electron chi connectivity index (χ4n) is 3.13. The molecular formula is C15H28N2. The van der Waals surface area contributed by atoms with E-state index in [0.717, 1.165) is 12.1 Å². The van der Waals surface area contributed by atoms with Crippen LogP contribution in [0.4, 0.5) is 0 Å². The van der Waals surface area contributed by atoms with Crippen LogP contribution in [0.5, 0.6) is 0 Å². The highest BCUT2D eigenvalue weighted by atomic mass is 15.2. The van der Waals surface area contributed by atoms with Gasteiger partial charge in [0, 0.05) is 31.7 Å². The summed E-state index contributed by atoms with van der Waals surface area (Å²) < 4.78 is 0. The van der Waals surface area contributed by atoms with Crippen molar-refractivity contribution >= 4 is 0 Å². The molecule has 98 valence electrons. The highest BCUT2D eigenvalue weighted by Gasteiger charge is 2.25. The lowest BCUT2D eigenvalue weighted by molar-refractivity contribution is 0.126.